The summed E-state index contributed by atoms with van der Waals surface area (Å²) in [5.41, 5.74) is 1.23. The molecule has 2 rings (SSSR count). The zero-order chi connectivity index (χ0) is 14.5. The number of carboxylic acids is 1. The minimum absolute atomic E-state index is 0.0313. The smallest absolute Gasteiger partial charge is 0.335 e. The van der Waals surface area contributed by atoms with Gasteiger partial charge in [-0.25, -0.2) is 4.79 Å². The molecule has 0 saturated carbocycles. The molecular weight excluding hydrogens is 256 g/mol. The molecule has 0 aliphatic rings. The third-order valence-corrected chi connectivity index (χ3v) is 3.02. The second-order valence-electron chi connectivity index (χ2n) is 4.44. The highest BCUT2D eigenvalue weighted by molar-refractivity contribution is 5.96. The molecule has 0 fully saturated rings. The molecule has 2 aromatic carbocycles. The van der Waals surface area contributed by atoms with Gasteiger partial charge in [-0.2, -0.15) is 0 Å². The monoisotopic (exact) mass is 270 g/mol. The van der Waals surface area contributed by atoms with Crippen LogP contribution >= 0.6 is 0 Å². The van der Waals surface area contributed by atoms with Crippen molar-refractivity contribution < 1.29 is 19.8 Å². The van der Waals surface area contributed by atoms with E-state index in [2.05, 4.69) is 0 Å². The van der Waals surface area contributed by atoms with Gasteiger partial charge in [0.05, 0.1) is 11.7 Å². The molecule has 20 heavy (non-hydrogen) atoms. The van der Waals surface area contributed by atoms with Crippen molar-refractivity contribution in [2.24, 2.45) is 0 Å². The number of aromatic carboxylic acids is 1. The van der Waals surface area contributed by atoms with Crippen molar-refractivity contribution in [3.8, 4) is 0 Å². The van der Waals surface area contributed by atoms with Crippen LogP contribution in [0, 0.1) is 0 Å². The molecule has 0 heterocycles. The van der Waals surface area contributed by atoms with Crippen molar-refractivity contribution in [3.05, 3.63) is 71.3 Å². The number of benzene rings is 2. The number of carbonyl (C=O) groups is 2. The van der Waals surface area contributed by atoms with Gasteiger partial charge in [-0.1, -0.05) is 42.5 Å². The average Bonchev–Trinajstić information content (AvgIpc) is 2.48. The van der Waals surface area contributed by atoms with E-state index in [0.29, 0.717) is 11.1 Å². The average molecular weight is 270 g/mol. The first-order valence-electron chi connectivity index (χ1n) is 6.17. The molecule has 0 amide bonds. The number of aliphatic hydroxyl groups excluding tert-OH is 1. The second kappa shape index (κ2) is 6.12. The van der Waals surface area contributed by atoms with Crippen LogP contribution in [0.25, 0.3) is 0 Å². The van der Waals surface area contributed by atoms with Gasteiger partial charge in [0, 0.05) is 12.0 Å². The Morgan fingerprint density at radius 3 is 2.05 bits per heavy atom. The topological polar surface area (TPSA) is 74.6 Å². The molecule has 0 aromatic heterocycles. The highest BCUT2D eigenvalue weighted by Gasteiger charge is 2.15. The lowest BCUT2D eigenvalue weighted by Crippen LogP contribution is -2.07. The normalized spacial score (nSPS) is 11.8. The number of carboxylic acid groups (broad SMARTS) is 1. The van der Waals surface area contributed by atoms with Crippen molar-refractivity contribution in [3.63, 3.8) is 0 Å². The molecule has 102 valence electrons. The lowest BCUT2D eigenvalue weighted by molar-refractivity contribution is 0.0695. The Bertz CT molecular complexity index is 602. The van der Waals surface area contributed by atoms with Crippen LogP contribution in [-0.2, 0) is 0 Å². The van der Waals surface area contributed by atoms with Crippen molar-refractivity contribution in [1.82, 2.24) is 0 Å². The molecule has 2 aromatic rings. The first-order chi connectivity index (χ1) is 9.58. The number of rotatable bonds is 5. The fourth-order valence-corrected chi connectivity index (χ4v) is 1.88. The molecule has 0 bridgehead atoms. The van der Waals surface area contributed by atoms with Gasteiger partial charge in [0.15, 0.2) is 5.78 Å². The molecule has 0 aliphatic carbocycles. The SMILES string of the molecule is O=C(O)c1ccc(C(O)CC(=O)c2ccccc2)cc1. The number of aliphatic hydroxyl groups is 1. The first-order valence-corrected chi connectivity index (χ1v) is 6.17. The molecule has 0 radical (unpaired) electrons. The first kappa shape index (κ1) is 14.0. The molecule has 1 atom stereocenters. The minimum atomic E-state index is -1.02. The minimum Gasteiger partial charge on any atom is -0.478 e. The van der Waals surface area contributed by atoms with Crippen LogP contribution < -0.4 is 0 Å². The molecule has 2 N–H and O–H groups in total. The standard InChI is InChI=1S/C16H14O4/c17-14(11-4-2-1-3-5-11)10-15(18)12-6-8-13(9-7-12)16(19)20/h1-9,15,18H,10H2,(H,19,20). The maximum atomic E-state index is 11.9. The van der Waals surface area contributed by atoms with E-state index in [1.54, 1.807) is 24.3 Å². The van der Waals surface area contributed by atoms with Crippen LogP contribution in [0.15, 0.2) is 54.6 Å². The summed E-state index contributed by atoms with van der Waals surface area (Å²) in [5, 5.41) is 18.8. The maximum absolute atomic E-state index is 11.9. The van der Waals surface area contributed by atoms with Crippen molar-refractivity contribution in [1.29, 1.82) is 0 Å². The summed E-state index contributed by atoms with van der Waals surface area (Å²) in [6, 6.07) is 14.6. The lowest BCUT2D eigenvalue weighted by atomic mass is 9.99. The van der Waals surface area contributed by atoms with Gasteiger partial charge in [-0.05, 0) is 17.7 Å². The van der Waals surface area contributed by atoms with Crippen LogP contribution in [0.1, 0.15) is 38.8 Å². The third-order valence-electron chi connectivity index (χ3n) is 3.02. The Kier molecular flexibility index (Phi) is 4.27. The molecule has 0 spiro atoms. The number of hydrogen-bond acceptors (Lipinski definition) is 3. The van der Waals surface area contributed by atoms with Gasteiger partial charge in [0.25, 0.3) is 0 Å². The van der Waals surface area contributed by atoms with Gasteiger partial charge in [-0.3, -0.25) is 4.79 Å². The summed E-state index contributed by atoms with van der Waals surface area (Å²) in [4.78, 5) is 22.7. The highest BCUT2D eigenvalue weighted by atomic mass is 16.4. The maximum Gasteiger partial charge on any atom is 0.335 e. The number of hydrogen-bond donors (Lipinski definition) is 2. The van der Waals surface area contributed by atoms with E-state index in [9.17, 15) is 14.7 Å². The zero-order valence-corrected chi connectivity index (χ0v) is 10.7. The largest absolute Gasteiger partial charge is 0.478 e. The second-order valence-corrected chi connectivity index (χ2v) is 4.44. The van der Waals surface area contributed by atoms with E-state index in [1.165, 1.54) is 24.3 Å². The predicted octanol–water partition coefficient (Wildman–Crippen LogP) is 2.69. The summed E-state index contributed by atoms with van der Waals surface area (Å²) in [7, 11) is 0. The predicted molar refractivity (Wildman–Crippen MR) is 73.8 cm³/mol. The fraction of sp³-hybridized carbons (Fsp3) is 0.125. The summed E-state index contributed by atoms with van der Waals surface area (Å²) < 4.78 is 0. The van der Waals surface area contributed by atoms with Gasteiger partial charge in [0.1, 0.15) is 0 Å². The highest BCUT2D eigenvalue weighted by Crippen LogP contribution is 2.19. The Labute approximate surface area is 116 Å². The fourth-order valence-electron chi connectivity index (χ4n) is 1.88. The van der Waals surface area contributed by atoms with Crippen molar-refractivity contribution >= 4 is 11.8 Å². The molecular formula is C16H14O4. The lowest BCUT2D eigenvalue weighted by Gasteiger charge is -2.10. The Hall–Kier alpha value is -2.46. The molecule has 4 nitrogen and oxygen atoms in total. The van der Waals surface area contributed by atoms with E-state index in [0.717, 1.165) is 0 Å². The number of Topliss-reactive ketones (excluding diaryl/α,β-unsaturated/α-hetero) is 1. The van der Waals surface area contributed by atoms with E-state index < -0.39 is 12.1 Å². The van der Waals surface area contributed by atoms with Gasteiger partial charge >= 0.3 is 5.97 Å². The van der Waals surface area contributed by atoms with E-state index in [4.69, 9.17) is 5.11 Å². The number of carbonyl (C=O) groups excluding carboxylic acids is 1. The molecule has 0 saturated heterocycles. The van der Waals surface area contributed by atoms with Crippen molar-refractivity contribution in [2.45, 2.75) is 12.5 Å². The summed E-state index contributed by atoms with van der Waals surface area (Å²) >= 11 is 0. The summed E-state index contributed by atoms with van der Waals surface area (Å²) in [6.07, 6.45) is -0.971. The Morgan fingerprint density at radius 1 is 0.900 bits per heavy atom. The Balaban J connectivity index is 2.06. The van der Waals surface area contributed by atoms with Crippen LogP contribution in [0.2, 0.25) is 0 Å². The summed E-state index contributed by atoms with van der Waals surface area (Å²) in [5.74, 6) is -1.17. The zero-order valence-electron chi connectivity index (χ0n) is 10.7. The number of ketones is 1. The summed E-state index contributed by atoms with van der Waals surface area (Å²) in [6.45, 7) is 0. The quantitative estimate of drug-likeness (QED) is 0.819. The van der Waals surface area contributed by atoms with Crippen LogP contribution in [0.5, 0.6) is 0 Å². The molecule has 4 heteroatoms. The van der Waals surface area contributed by atoms with E-state index in [1.807, 2.05) is 6.07 Å². The van der Waals surface area contributed by atoms with Gasteiger partial charge in [-0.15, -0.1) is 0 Å². The van der Waals surface area contributed by atoms with E-state index >= 15 is 0 Å². The van der Waals surface area contributed by atoms with Gasteiger partial charge in [0.2, 0.25) is 0 Å². The van der Waals surface area contributed by atoms with Crippen LogP contribution in [0.3, 0.4) is 0 Å². The third kappa shape index (κ3) is 3.30. The van der Waals surface area contributed by atoms with E-state index in [-0.39, 0.29) is 17.8 Å². The van der Waals surface area contributed by atoms with Gasteiger partial charge < -0.3 is 10.2 Å². The van der Waals surface area contributed by atoms with Crippen LogP contribution in [0.4, 0.5) is 0 Å². The molecule has 1 unspecified atom stereocenters. The van der Waals surface area contributed by atoms with Crippen molar-refractivity contribution in [2.75, 3.05) is 0 Å². The Morgan fingerprint density at radius 2 is 1.50 bits per heavy atom. The molecule has 0 aliphatic heterocycles. The van der Waals surface area contributed by atoms with Crippen LogP contribution in [-0.4, -0.2) is 22.0 Å².